The van der Waals surface area contributed by atoms with Gasteiger partial charge in [-0.2, -0.15) is 0 Å². The van der Waals surface area contributed by atoms with Crippen LogP contribution in [0.15, 0.2) is 54.6 Å². The molecule has 0 heterocycles. The molecular weight excluding hydrogens is 309 g/mol. The Kier molecular flexibility index (Phi) is 6.09. The summed E-state index contributed by atoms with van der Waals surface area (Å²) in [5, 5.41) is 9.65. The number of rotatable bonds is 6. The zero-order valence-electron chi connectivity index (χ0n) is 13.6. The Morgan fingerprint density at radius 2 is 2.00 bits per heavy atom. The van der Waals surface area contributed by atoms with E-state index >= 15 is 0 Å². The van der Waals surface area contributed by atoms with Crippen molar-refractivity contribution >= 4 is 12.0 Å². The van der Waals surface area contributed by atoms with Gasteiger partial charge in [-0.15, -0.1) is 0 Å². The first-order valence-corrected chi connectivity index (χ1v) is 7.50. The third-order valence-electron chi connectivity index (χ3n) is 3.76. The van der Waals surface area contributed by atoms with Crippen LogP contribution in [-0.4, -0.2) is 36.7 Å². The number of likely N-dealkylation sites (N-methyl/N-ethyl adjacent to an activating group) is 1. The monoisotopic (exact) mass is 329 g/mol. The molecule has 0 saturated heterocycles. The van der Waals surface area contributed by atoms with Crippen molar-refractivity contribution in [2.75, 3.05) is 20.8 Å². The molecule has 0 saturated carbocycles. The molecule has 1 atom stereocenters. The molecule has 0 radical (unpaired) electrons. The van der Waals surface area contributed by atoms with Gasteiger partial charge in [0.05, 0.1) is 19.8 Å². The highest BCUT2D eigenvalue weighted by Crippen LogP contribution is 2.22. The molecule has 0 aromatic heterocycles. The second-order valence-electron chi connectivity index (χ2n) is 5.31. The second kappa shape index (κ2) is 8.26. The number of methoxy groups -OCH3 is 1. The van der Waals surface area contributed by atoms with Gasteiger partial charge in [0.25, 0.3) is 0 Å². The van der Waals surface area contributed by atoms with Crippen LogP contribution in [0.5, 0.6) is 5.75 Å². The van der Waals surface area contributed by atoms with E-state index in [1.54, 1.807) is 56.6 Å². The lowest BCUT2D eigenvalue weighted by molar-refractivity contribution is -0.127. The average molecular weight is 329 g/mol. The number of benzene rings is 2. The molecule has 5 heteroatoms. The van der Waals surface area contributed by atoms with E-state index in [-0.39, 0.29) is 18.3 Å². The fraction of sp³-hybridized carbons (Fsp3) is 0.211. The van der Waals surface area contributed by atoms with E-state index in [0.717, 1.165) is 5.56 Å². The maximum atomic E-state index is 13.1. The number of carbonyl (C=O) groups is 1. The first-order chi connectivity index (χ1) is 11.5. The lowest BCUT2D eigenvalue weighted by Crippen LogP contribution is -2.32. The van der Waals surface area contributed by atoms with Gasteiger partial charge in [-0.05, 0) is 41.5 Å². The fourth-order valence-electron chi connectivity index (χ4n) is 2.33. The Morgan fingerprint density at radius 3 is 2.58 bits per heavy atom. The third-order valence-corrected chi connectivity index (χ3v) is 3.76. The summed E-state index contributed by atoms with van der Waals surface area (Å²) in [6.07, 6.45) is 2.91. The number of aliphatic hydroxyl groups is 1. The van der Waals surface area contributed by atoms with Crippen molar-refractivity contribution in [3.63, 3.8) is 0 Å². The van der Waals surface area contributed by atoms with Gasteiger partial charge in [-0.1, -0.05) is 24.3 Å². The third kappa shape index (κ3) is 4.43. The van der Waals surface area contributed by atoms with Crippen LogP contribution in [-0.2, 0) is 4.79 Å². The van der Waals surface area contributed by atoms with Crippen molar-refractivity contribution in [1.82, 2.24) is 4.90 Å². The van der Waals surface area contributed by atoms with Gasteiger partial charge in [0, 0.05) is 13.1 Å². The molecule has 0 aliphatic carbocycles. The Hall–Kier alpha value is -2.66. The smallest absolute Gasteiger partial charge is 0.246 e. The molecule has 24 heavy (non-hydrogen) atoms. The minimum atomic E-state index is -0.472. The van der Waals surface area contributed by atoms with Crippen LogP contribution in [0.25, 0.3) is 6.08 Å². The van der Waals surface area contributed by atoms with Gasteiger partial charge in [0.15, 0.2) is 0 Å². The highest BCUT2D eigenvalue weighted by atomic mass is 19.1. The van der Waals surface area contributed by atoms with Crippen LogP contribution in [0.4, 0.5) is 4.39 Å². The predicted molar refractivity (Wildman–Crippen MR) is 91.0 cm³/mol. The summed E-state index contributed by atoms with van der Waals surface area (Å²) in [4.78, 5) is 13.7. The molecule has 0 fully saturated rings. The highest BCUT2D eigenvalue weighted by Gasteiger charge is 2.19. The van der Waals surface area contributed by atoms with Gasteiger partial charge in [-0.25, -0.2) is 4.39 Å². The van der Waals surface area contributed by atoms with Crippen LogP contribution in [0.3, 0.4) is 0 Å². The van der Waals surface area contributed by atoms with Gasteiger partial charge in [-0.3, -0.25) is 4.79 Å². The standard InChI is InChI=1S/C19H20FNO3/c1-21(18(13-22)15-7-9-17(24-2)10-8-15)19(23)11-6-14-4-3-5-16(20)12-14/h3-12,18,22H,13H2,1-2H3/b11-6+. The normalized spacial score (nSPS) is 12.2. The van der Waals surface area contributed by atoms with Crippen molar-refractivity contribution in [3.8, 4) is 5.75 Å². The van der Waals surface area contributed by atoms with Gasteiger partial charge < -0.3 is 14.7 Å². The Bertz CT molecular complexity index is 713. The van der Waals surface area contributed by atoms with E-state index < -0.39 is 6.04 Å². The minimum absolute atomic E-state index is 0.206. The Labute approximate surface area is 140 Å². The number of amides is 1. The highest BCUT2D eigenvalue weighted by molar-refractivity contribution is 5.91. The quantitative estimate of drug-likeness (QED) is 0.829. The molecule has 2 rings (SSSR count). The second-order valence-corrected chi connectivity index (χ2v) is 5.31. The zero-order valence-corrected chi connectivity index (χ0v) is 13.6. The number of hydrogen-bond donors (Lipinski definition) is 1. The van der Waals surface area contributed by atoms with Gasteiger partial charge >= 0.3 is 0 Å². The Morgan fingerprint density at radius 1 is 1.29 bits per heavy atom. The van der Waals surface area contributed by atoms with E-state index in [9.17, 15) is 14.3 Å². The fourth-order valence-corrected chi connectivity index (χ4v) is 2.33. The molecule has 1 unspecified atom stereocenters. The number of hydrogen-bond acceptors (Lipinski definition) is 3. The SMILES string of the molecule is COc1ccc(C(CO)N(C)C(=O)/C=C/c2cccc(F)c2)cc1. The van der Waals surface area contributed by atoms with E-state index in [2.05, 4.69) is 0 Å². The average Bonchev–Trinajstić information content (AvgIpc) is 2.61. The first kappa shape index (κ1) is 17.7. The summed E-state index contributed by atoms with van der Waals surface area (Å²) in [5.74, 6) is 0.0639. The molecule has 0 aliphatic rings. The van der Waals surface area contributed by atoms with Gasteiger partial charge in [0.2, 0.25) is 5.91 Å². The van der Waals surface area contributed by atoms with Crippen LogP contribution >= 0.6 is 0 Å². The molecule has 2 aromatic carbocycles. The van der Waals surface area contributed by atoms with Crippen molar-refractivity contribution in [2.24, 2.45) is 0 Å². The van der Waals surface area contributed by atoms with Crippen molar-refractivity contribution < 1.29 is 19.0 Å². The molecule has 4 nitrogen and oxygen atoms in total. The van der Waals surface area contributed by atoms with E-state index in [1.807, 2.05) is 0 Å². The van der Waals surface area contributed by atoms with E-state index in [1.165, 1.54) is 23.1 Å². The Balaban J connectivity index is 2.11. The summed E-state index contributed by atoms with van der Waals surface area (Å²) in [6, 6.07) is 12.7. The molecule has 0 spiro atoms. The number of aliphatic hydroxyl groups excluding tert-OH is 1. The van der Waals surface area contributed by atoms with Crippen LogP contribution < -0.4 is 4.74 Å². The molecule has 1 N–H and O–H groups in total. The maximum absolute atomic E-state index is 13.1. The largest absolute Gasteiger partial charge is 0.497 e. The molecule has 2 aromatic rings. The molecule has 1 amide bonds. The zero-order chi connectivity index (χ0) is 17.5. The van der Waals surface area contributed by atoms with Crippen molar-refractivity contribution in [2.45, 2.75) is 6.04 Å². The number of nitrogens with zero attached hydrogens (tertiary/aromatic N) is 1. The summed E-state index contributed by atoms with van der Waals surface area (Å²) in [5.41, 5.74) is 1.40. The molecule has 0 bridgehead atoms. The number of ether oxygens (including phenoxy) is 1. The predicted octanol–water partition coefficient (Wildman–Crippen LogP) is 3.04. The lowest BCUT2D eigenvalue weighted by Gasteiger charge is -2.26. The number of carbonyl (C=O) groups excluding carboxylic acids is 1. The summed E-state index contributed by atoms with van der Waals surface area (Å²) >= 11 is 0. The number of halogens is 1. The molecule has 0 aliphatic heterocycles. The van der Waals surface area contributed by atoms with Crippen LogP contribution in [0.1, 0.15) is 17.2 Å². The van der Waals surface area contributed by atoms with Crippen LogP contribution in [0.2, 0.25) is 0 Å². The summed E-state index contributed by atoms with van der Waals surface area (Å²) < 4.78 is 18.2. The van der Waals surface area contributed by atoms with E-state index in [4.69, 9.17) is 4.74 Å². The lowest BCUT2D eigenvalue weighted by atomic mass is 10.1. The van der Waals surface area contributed by atoms with E-state index in [0.29, 0.717) is 11.3 Å². The summed E-state index contributed by atoms with van der Waals surface area (Å²) in [6.45, 7) is -0.206. The minimum Gasteiger partial charge on any atom is -0.497 e. The van der Waals surface area contributed by atoms with Crippen LogP contribution in [0, 0.1) is 5.82 Å². The van der Waals surface area contributed by atoms with Crippen molar-refractivity contribution in [1.29, 1.82) is 0 Å². The maximum Gasteiger partial charge on any atom is 0.246 e. The topological polar surface area (TPSA) is 49.8 Å². The molecular formula is C19H20FNO3. The van der Waals surface area contributed by atoms with Gasteiger partial charge in [0.1, 0.15) is 11.6 Å². The first-order valence-electron chi connectivity index (χ1n) is 7.50. The molecule has 126 valence electrons. The summed E-state index contributed by atoms with van der Waals surface area (Å²) in [7, 11) is 3.19. The van der Waals surface area contributed by atoms with Crippen molar-refractivity contribution in [3.05, 3.63) is 71.6 Å².